The van der Waals surface area contributed by atoms with E-state index >= 15 is 0 Å². The first-order valence-corrected chi connectivity index (χ1v) is 14.7. The molecular weight excluding hydrogens is 462 g/mol. The van der Waals surface area contributed by atoms with Crippen LogP contribution in [-0.2, 0) is 14.3 Å². The minimum atomic E-state index is -0.665. The van der Waals surface area contributed by atoms with Crippen molar-refractivity contribution >= 4 is 11.9 Å². The van der Waals surface area contributed by atoms with Gasteiger partial charge in [0.25, 0.3) is 0 Å². The first kappa shape index (κ1) is 35.9. The summed E-state index contributed by atoms with van der Waals surface area (Å²) in [4.78, 5) is 26.2. The lowest BCUT2D eigenvalue weighted by Crippen LogP contribution is -2.46. The molecule has 0 heterocycles. The smallest absolute Gasteiger partial charge is 0.307 e. The van der Waals surface area contributed by atoms with Crippen molar-refractivity contribution in [3.63, 3.8) is 0 Å². The van der Waals surface area contributed by atoms with Crippen molar-refractivity contribution in [3.8, 4) is 0 Å². The molecule has 37 heavy (non-hydrogen) atoms. The summed E-state index contributed by atoms with van der Waals surface area (Å²) in [5, 5.41) is 10.2. The maximum atomic E-state index is 12.4. The summed E-state index contributed by atoms with van der Waals surface area (Å²) in [5.74, 6) is -0.564. The third-order valence-corrected chi connectivity index (χ3v) is 8.70. The van der Waals surface area contributed by atoms with E-state index in [2.05, 4.69) is 69.2 Å². The van der Waals surface area contributed by atoms with Gasteiger partial charge >= 0.3 is 11.9 Å². The highest BCUT2D eigenvalue weighted by Gasteiger charge is 2.48. The fourth-order valence-corrected chi connectivity index (χ4v) is 5.24. The molecule has 0 aromatic carbocycles. The summed E-state index contributed by atoms with van der Waals surface area (Å²) in [7, 11) is 3.95. The predicted octanol–water partition coefficient (Wildman–Crippen LogP) is 8.45. The zero-order valence-corrected chi connectivity index (χ0v) is 26.8. The second-order valence-corrected chi connectivity index (χ2v) is 15.2. The fraction of sp³-hybridized carbons (Fsp3) is 0.938. The highest BCUT2D eigenvalue weighted by molar-refractivity contribution is 5.71. The van der Waals surface area contributed by atoms with Crippen molar-refractivity contribution in [2.24, 2.45) is 33.5 Å². The maximum Gasteiger partial charge on any atom is 0.307 e. The van der Waals surface area contributed by atoms with Gasteiger partial charge in [-0.1, -0.05) is 101 Å². The lowest BCUT2D eigenvalue weighted by molar-refractivity contribution is -0.153. The molecule has 0 amide bonds. The zero-order valence-electron chi connectivity index (χ0n) is 26.8. The van der Waals surface area contributed by atoms with Gasteiger partial charge in [-0.15, -0.1) is 0 Å². The molecule has 2 unspecified atom stereocenters. The number of unbranched alkanes of at least 4 members (excludes halogenated alkanes) is 5. The van der Waals surface area contributed by atoms with Crippen LogP contribution >= 0.6 is 0 Å². The van der Waals surface area contributed by atoms with E-state index in [1.165, 1.54) is 25.7 Å². The van der Waals surface area contributed by atoms with Crippen LogP contribution in [0.3, 0.4) is 0 Å². The molecule has 5 nitrogen and oxygen atoms in total. The van der Waals surface area contributed by atoms with Gasteiger partial charge in [-0.05, 0) is 67.4 Å². The van der Waals surface area contributed by atoms with Gasteiger partial charge in [-0.25, -0.2) is 0 Å². The molecule has 0 saturated carbocycles. The van der Waals surface area contributed by atoms with Gasteiger partial charge in [-0.2, -0.15) is 0 Å². The Morgan fingerprint density at radius 3 is 1.76 bits per heavy atom. The summed E-state index contributed by atoms with van der Waals surface area (Å²) in [5.41, 5.74) is -0.251. The molecular formula is C32H63NO4. The number of hydrogen-bond acceptors (Lipinski definition) is 4. The number of rotatable bonds is 18. The lowest BCUT2D eigenvalue weighted by atomic mass is 9.54. The van der Waals surface area contributed by atoms with E-state index in [4.69, 9.17) is 4.74 Å². The van der Waals surface area contributed by atoms with Crippen molar-refractivity contribution in [1.82, 2.24) is 4.90 Å². The Bertz CT molecular complexity index is 667. The fourth-order valence-electron chi connectivity index (χ4n) is 5.24. The number of hydrogen-bond donors (Lipinski definition) is 1. The van der Waals surface area contributed by atoms with Crippen LogP contribution in [0.2, 0.25) is 0 Å². The second kappa shape index (κ2) is 15.5. The van der Waals surface area contributed by atoms with E-state index < -0.39 is 5.97 Å². The summed E-state index contributed by atoms with van der Waals surface area (Å²) in [6.45, 7) is 23.6. The molecule has 1 N–H and O–H groups in total. The maximum absolute atomic E-state index is 12.4. The van der Waals surface area contributed by atoms with Crippen LogP contribution < -0.4 is 0 Å². The van der Waals surface area contributed by atoms with Crippen molar-refractivity contribution in [1.29, 1.82) is 0 Å². The number of carbonyl (C=O) groups excluding carboxylic acids is 1. The molecule has 0 spiro atoms. The first-order chi connectivity index (χ1) is 16.7. The topological polar surface area (TPSA) is 66.8 Å². The summed E-state index contributed by atoms with van der Waals surface area (Å²) >= 11 is 0. The first-order valence-electron chi connectivity index (χ1n) is 14.7. The molecule has 2 atom stereocenters. The minimum Gasteiger partial charge on any atom is -0.481 e. The number of aliphatic carboxylic acids is 1. The molecule has 0 aliphatic rings. The largest absolute Gasteiger partial charge is 0.481 e. The van der Waals surface area contributed by atoms with E-state index in [1.54, 1.807) is 0 Å². The van der Waals surface area contributed by atoms with E-state index in [0.29, 0.717) is 25.4 Å². The van der Waals surface area contributed by atoms with E-state index in [1.807, 2.05) is 19.0 Å². The van der Waals surface area contributed by atoms with E-state index in [9.17, 15) is 14.7 Å². The summed E-state index contributed by atoms with van der Waals surface area (Å²) < 4.78 is 5.26. The van der Waals surface area contributed by atoms with Gasteiger partial charge in [0, 0.05) is 13.0 Å². The molecule has 220 valence electrons. The molecule has 5 heteroatoms. The number of likely N-dealkylation sites (N-methyl/N-ethyl adjacent to an activating group) is 1. The number of nitrogens with zero attached hydrogens (tertiary/aromatic N) is 1. The molecule has 0 fully saturated rings. The number of carboxylic acid groups (broad SMARTS) is 1. The Morgan fingerprint density at radius 2 is 1.30 bits per heavy atom. The van der Waals surface area contributed by atoms with Gasteiger partial charge in [0.1, 0.15) is 6.61 Å². The third kappa shape index (κ3) is 14.6. The number of carbonyl (C=O) groups is 2. The van der Waals surface area contributed by atoms with E-state index in [0.717, 1.165) is 32.2 Å². The van der Waals surface area contributed by atoms with Gasteiger partial charge in [0.15, 0.2) is 0 Å². The molecule has 0 aliphatic carbocycles. The van der Waals surface area contributed by atoms with Crippen LogP contribution in [-0.4, -0.2) is 49.2 Å². The summed E-state index contributed by atoms with van der Waals surface area (Å²) in [6.07, 6.45) is 10.2. The van der Waals surface area contributed by atoms with E-state index in [-0.39, 0.29) is 33.5 Å². The molecule has 0 rings (SSSR count). The number of carboxylic acids is 1. The molecule has 0 saturated heterocycles. The van der Waals surface area contributed by atoms with Crippen LogP contribution in [0.25, 0.3) is 0 Å². The van der Waals surface area contributed by atoms with Gasteiger partial charge in [0.2, 0.25) is 0 Å². The Balaban J connectivity index is 4.75. The Hall–Kier alpha value is -1.10. The Labute approximate surface area is 230 Å². The van der Waals surface area contributed by atoms with Crippen molar-refractivity contribution < 1.29 is 19.4 Å². The van der Waals surface area contributed by atoms with Gasteiger partial charge in [-0.3, -0.25) is 9.59 Å². The Morgan fingerprint density at radius 1 is 0.784 bits per heavy atom. The minimum absolute atomic E-state index is 0.0216. The van der Waals surface area contributed by atoms with Crippen molar-refractivity contribution in [2.75, 3.05) is 27.2 Å². The van der Waals surface area contributed by atoms with Crippen molar-refractivity contribution in [2.45, 2.75) is 133 Å². The average Bonchev–Trinajstić information content (AvgIpc) is 2.70. The third-order valence-electron chi connectivity index (χ3n) is 8.70. The standard InChI is InChI=1S/C32H63NO4/c1-29(2,3)24-26(28(35)36)32(9,10)31(7,8)23-25(30(4,5)6)19-17-15-13-14-16-18-20-27(34)37-22-21-33(11)12/h25-26H,13-24H2,1-12H3,(H,35,36). The molecule has 0 aliphatic heterocycles. The second-order valence-electron chi connectivity index (χ2n) is 15.2. The highest BCUT2D eigenvalue weighted by Crippen LogP contribution is 2.53. The van der Waals surface area contributed by atoms with Crippen LogP contribution in [0.15, 0.2) is 0 Å². The van der Waals surface area contributed by atoms with Gasteiger partial charge < -0.3 is 14.7 Å². The predicted molar refractivity (Wildman–Crippen MR) is 157 cm³/mol. The molecule has 0 aromatic heterocycles. The van der Waals surface area contributed by atoms with Gasteiger partial charge in [0.05, 0.1) is 5.92 Å². The molecule has 0 aromatic rings. The SMILES string of the molecule is CN(C)CCOC(=O)CCCCCCCCC(CC(C)(C)C(C)(C)C(CC(C)(C)C)C(=O)O)C(C)(C)C. The number of esters is 1. The van der Waals surface area contributed by atoms with Crippen molar-refractivity contribution in [3.05, 3.63) is 0 Å². The summed E-state index contributed by atoms with van der Waals surface area (Å²) in [6, 6.07) is 0. The van der Waals surface area contributed by atoms with Crippen LogP contribution in [0.1, 0.15) is 133 Å². The lowest BCUT2D eigenvalue weighted by Gasteiger charge is -2.50. The molecule has 0 bridgehead atoms. The quantitative estimate of drug-likeness (QED) is 0.144. The number of ether oxygens (including phenoxy) is 1. The highest BCUT2D eigenvalue weighted by atomic mass is 16.5. The van der Waals surface area contributed by atoms with Crippen LogP contribution in [0.5, 0.6) is 0 Å². The normalized spacial score (nSPS) is 15.1. The monoisotopic (exact) mass is 525 g/mol. The molecule has 0 radical (unpaired) electrons. The average molecular weight is 526 g/mol. The van der Waals surface area contributed by atoms with Crippen LogP contribution in [0, 0.1) is 33.5 Å². The Kier molecular flexibility index (Phi) is 15.0. The van der Waals surface area contributed by atoms with Crippen LogP contribution in [0.4, 0.5) is 0 Å². The zero-order chi connectivity index (χ0) is 29.1.